The average molecular weight is 295 g/mol. The van der Waals surface area contributed by atoms with Gasteiger partial charge in [-0.25, -0.2) is 4.68 Å². The van der Waals surface area contributed by atoms with Crippen LogP contribution in [0.3, 0.4) is 0 Å². The van der Waals surface area contributed by atoms with E-state index < -0.39 is 4.92 Å². The van der Waals surface area contributed by atoms with Gasteiger partial charge in [-0.1, -0.05) is 11.3 Å². The third kappa shape index (κ3) is 2.33. The molecule has 0 radical (unpaired) electrons. The van der Waals surface area contributed by atoms with E-state index in [1.54, 1.807) is 36.7 Å². The second-order valence-electron chi connectivity index (χ2n) is 4.37. The first kappa shape index (κ1) is 13.6. The molecule has 0 bridgehead atoms. The van der Waals surface area contributed by atoms with Gasteiger partial charge in [-0.2, -0.15) is 0 Å². The van der Waals surface area contributed by atoms with Crippen LogP contribution in [0.5, 0.6) is 0 Å². The molecule has 22 heavy (non-hydrogen) atoms. The Bertz CT molecular complexity index is 845. The van der Waals surface area contributed by atoms with E-state index in [1.807, 2.05) is 0 Å². The molecule has 0 aliphatic heterocycles. The zero-order valence-corrected chi connectivity index (χ0v) is 11.2. The van der Waals surface area contributed by atoms with Crippen LogP contribution in [0.4, 0.5) is 5.69 Å². The topological polar surface area (TPSA) is 104 Å². The Balaban J connectivity index is 2.20. The molecule has 0 amide bonds. The molecule has 0 N–H and O–H groups in total. The van der Waals surface area contributed by atoms with Gasteiger partial charge in [0.1, 0.15) is 5.69 Å². The molecule has 2 heterocycles. The van der Waals surface area contributed by atoms with Crippen molar-refractivity contribution >= 4 is 12.0 Å². The van der Waals surface area contributed by atoms with Gasteiger partial charge in [0.2, 0.25) is 0 Å². The SMILES string of the molecule is O=Cc1nnn(-c2cccc([N+](=O)[O-])c2)c1-c1ccncc1. The van der Waals surface area contributed by atoms with Gasteiger partial charge in [0.15, 0.2) is 12.0 Å². The van der Waals surface area contributed by atoms with Crippen molar-refractivity contribution in [3.05, 3.63) is 64.6 Å². The van der Waals surface area contributed by atoms with Crippen molar-refractivity contribution < 1.29 is 9.72 Å². The number of hydrogen-bond donors (Lipinski definition) is 0. The summed E-state index contributed by atoms with van der Waals surface area (Å²) in [5.41, 5.74) is 1.67. The second kappa shape index (κ2) is 5.52. The number of non-ortho nitro benzene ring substituents is 1. The molecular formula is C14H9N5O3. The van der Waals surface area contributed by atoms with E-state index >= 15 is 0 Å². The monoisotopic (exact) mass is 295 g/mol. The van der Waals surface area contributed by atoms with Crippen molar-refractivity contribution in [2.45, 2.75) is 0 Å². The maximum absolute atomic E-state index is 11.2. The summed E-state index contributed by atoms with van der Waals surface area (Å²) in [5, 5.41) is 18.6. The van der Waals surface area contributed by atoms with Crippen LogP contribution in [-0.2, 0) is 0 Å². The van der Waals surface area contributed by atoms with Crippen molar-refractivity contribution in [1.29, 1.82) is 0 Å². The number of nitro groups is 1. The lowest BCUT2D eigenvalue weighted by molar-refractivity contribution is -0.384. The van der Waals surface area contributed by atoms with Gasteiger partial charge >= 0.3 is 0 Å². The van der Waals surface area contributed by atoms with Crippen molar-refractivity contribution in [3.63, 3.8) is 0 Å². The lowest BCUT2D eigenvalue weighted by atomic mass is 10.1. The van der Waals surface area contributed by atoms with Crippen LogP contribution in [0.1, 0.15) is 10.5 Å². The zero-order valence-electron chi connectivity index (χ0n) is 11.2. The standard InChI is InChI=1S/C14H9N5O3/c20-9-13-14(10-4-6-15-7-5-10)18(17-16-13)11-2-1-3-12(8-11)19(21)22/h1-9H. The Labute approximate surface area is 124 Å². The third-order valence-corrected chi connectivity index (χ3v) is 3.05. The van der Waals surface area contributed by atoms with Crippen LogP contribution in [0.2, 0.25) is 0 Å². The molecule has 8 nitrogen and oxygen atoms in total. The first-order valence-corrected chi connectivity index (χ1v) is 6.27. The van der Waals surface area contributed by atoms with Gasteiger partial charge in [-0.05, 0) is 18.2 Å². The first-order valence-electron chi connectivity index (χ1n) is 6.27. The molecule has 0 unspecified atom stereocenters. The highest BCUT2D eigenvalue weighted by Gasteiger charge is 2.17. The van der Waals surface area contributed by atoms with E-state index in [9.17, 15) is 14.9 Å². The molecule has 3 aromatic rings. The fraction of sp³-hybridized carbons (Fsp3) is 0. The Hall–Kier alpha value is -3.42. The highest BCUT2D eigenvalue weighted by molar-refractivity contribution is 5.83. The van der Waals surface area contributed by atoms with Gasteiger partial charge in [0.05, 0.1) is 10.6 Å². The molecule has 108 valence electrons. The summed E-state index contributed by atoms with van der Waals surface area (Å²) in [4.78, 5) is 25.5. The Morgan fingerprint density at radius 2 is 1.95 bits per heavy atom. The fourth-order valence-corrected chi connectivity index (χ4v) is 2.07. The highest BCUT2D eigenvalue weighted by Crippen LogP contribution is 2.25. The van der Waals surface area contributed by atoms with Crippen LogP contribution < -0.4 is 0 Å². The summed E-state index contributed by atoms with van der Waals surface area (Å²) in [6, 6.07) is 9.37. The molecule has 0 aliphatic rings. The summed E-state index contributed by atoms with van der Waals surface area (Å²) in [5.74, 6) is 0. The van der Waals surface area contributed by atoms with Crippen LogP contribution >= 0.6 is 0 Å². The van der Waals surface area contributed by atoms with E-state index in [0.717, 1.165) is 0 Å². The Morgan fingerprint density at radius 1 is 1.18 bits per heavy atom. The van der Waals surface area contributed by atoms with Crippen molar-refractivity contribution in [1.82, 2.24) is 20.0 Å². The van der Waals surface area contributed by atoms with Crippen LogP contribution in [0.25, 0.3) is 16.9 Å². The quantitative estimate of drug-likeness (QED) is 0.414. The number of carbonyl (C=O) groups excluding carboxylic acids is 1. The van der Waals surface area contributed by atoms with E-state index in [4.69, 9.17) is 0 Å². The first-order chi connectivity index (χ1) is 10.7. The molecule has 3 rings (SSSR count). The highest BCUT2D eigenvalue weighted by atomic mass is 16.6. The minimum atomic E-state index is -0.493. The predicted molar refractivity (Wildman–Crippen MR) is 76.6 cm³/mol. The molecule has 0 fully saturated rings. The molecule has 8 heteroatoms. The second-order valence-corrected chi connectivity index (χ2v) is 4.37. The van der Waals surface area contributed by atoms with Crippen molar-refractivity contribution in [3.8, 4) is 16.9 Å². The Morgan fingerprint density at radius 3 is 2.64 bits per heavy atom. The van der Waals surface area contributed by atoms with Crippen LogP contribution in [0, 0.1) is 10.1 Å². The van der Waals surface area contributed by atoms with Crippen LogP contribution in [-0.4, -0.2) is 31.2 Å². The van der Waals surface area contributed by atoms with E-state index in [1.165, 1.54) is 16.8 Å². The number of nitrogens with zero attached hydrogens (tertiary/aromatic N) is 5. The molecule has 0 spiro atoms. The number of hydrogen-bond acceptors (Lipinski definition) is 6. The molecule has 2 aromatic heterocycles. The molecule has 0 saturated carbocycles. The van der Waals surface area contributed by atoms with Gasteiger partial charge in [0.25, 0.3) is 5.69 Å². The number of nitro benzene ring substituents is 1. The summed E-state index contributed by atoms with van der Waals surface area (Å²) in [6.45, 7) is 0. The summed E-state index contributed by atoms with van der Waals surface area (Å²) < 4.78 is 1.39. The number of pyridine rings is 1. The molecule has 1 aromatic carbocycles. The smallest absolute Gasteiger partial charge is 0.271 e. The lowest BCUT2D eigenvalue weighted by Gasteiger charge is -2.06. The maximum Gasteiger partial charge on any atom is 0.271 e. The van der Waals surface area contributed by atoms with E-state index in [0.29, 0.717) is 23.2 Å². The molecule has 0 atom stereocenters. The maximum atomic E-state index is 11.2. The van der Waals surface area contributed by atoms with Gasteiger partial charge in [0, 0.05) is 30.1 Å². The minimum absolute atomic E-state index is 0.0682. The van der Waals surface area contributed by atoms with Gasteiger partial charge in [-0.3, -0.25) is 19.9 Å². The predicted octanol–water partition coefficient (Wildman–Crippen LogP) is 2.05. The number of benzene rings is 1. The summed E-state index contributed by atoms with van der Waals surface area (Å²) >= 11 is 0. The van der Waals surface area contributed by atoms with E-state index in [2.05, 4.69) is 15.3 Å². The molecule has 0 saturated heterocycles. The Kier molecular flexibility index (Phi) is 3.40. The summed E-state index contributed by atoms with van der Waals surface area (Å²) in [7, 11) is 0. The van der Waals surface area contributed by atoms with Gasteiger partial charge in [-0.15, -0.1) is 5.10 Å². The fourth-order valence-electron chi connectivity index (χ4n) is 2.07. The zero-order chi connectivity index (χ0) is 15.5. The number of rotatable bonds is 4. The van der Waals surface area contributed by atoms with E-state index in [-0.39, 0.29) is 11.4 Å². The van der Waals surface area contributed by atoms with Crippen molar-refractivity contribution in [2.24, 2.45) is 0 Å². The average Bonchev–Trinajstić information content (AvgIpc) is 2.99. The normalized spacial score (nSPS) is 10.4. The third-order valence-electron chi connectivity index (χ3n) is 3.05. The molecular weight excluding hydrogens is 286 g/mol. The number of aromatic nitrogens is 4. The largest absolute Gasteiger partial charge is 0.296 e. The molecule has 0 aliphatic carbocycles. The minimum Gasteiger partial charge on any atom is -0.296 e. The number of aldehydes is 1. The van der Waals surface area contributed by atoms with Crippen LogP contribution in [0.15, 0.2) is 48.8 Å². The van der Waals surface area contributed by atoms with Gasteiger partial charge < -0.3 is 0 Å². The lowest BCUT2D eigenvalue weighted by Crippen LogP contribution is -2.01. The number of carbonyl (C=O) groups is 1. The summed E-state index contributed by atoms with van der Waals surface area (Å²) in [6.07, 6.45) is 3.75. The van der Waals surface area contributed by atoms with Crippen molar-refractivity contribution in [2.75, 3.05) is 0 Å².